The summed E-state index contributed by atoms with van der Waals surface area (Å²) in [6.07, 6.45) is 3.51. The number of hydrogen-bond donors (Lipinski definition) is 4. The maximum Gasteiger partial charge on any atom is 0.328 e. The van der Waals surface area contributed by atoms with Crippen molar-refractivity contribution in [1.29, 1.82) is 0 Å². The molecule has 0 saturated heterocycles. The number of rotatable bonds is 4. The van der Waals surface area contributed by atoms with Crippen LogP contribution in [0.25, 0.3) is 6.08 Å². The zero-order chi connectivity index (χ0) is 15.8. The fourth-order valence-corrected chi connectivity index (χ4v) is 0.732. The topological polar surface area (TPSA) is 115 Å². The van der Waals surface area contributed by atoms with Crippen molar-refractivity contribution >= 4 is 18.0 Å². The number of benzene rings is 1. The molecule has 0 unspecified atom stereocenters. The van der Waals surface area contributed by atoms with Gasteiger partial charge in [0.2, 0.25) is 0 Å². The van der Waals surface area contributed by atoms with Gasteiger partial charge in [0.25, 0.3) is 0 Å². The molecule has 0 aliphatic rings. The summed E-state index contributed by atoms with van der Waals surface area (Å²) in [6, 6.07) is 9.31. The van der Waals surface area contributed by atoms with Crippen molar-refractivity contribution in [3.63, 3.8) is 0 Å². The Kier molecular flexibility index (Phi) is 14.5. The maximum atomic E-state index is 10.1. The van der Waals surface area contributed by atoms with Crippen molar-refractivity contribution in [1.82, 2.24) is 0 Å². The molecule has 0 saturated carbocycles. The molecular weight excluding hydrogens is 264 g/mol. The monoisotopic (exact) mass is 282 g/mol. The molecule has 0 aromatic heterocycles. The number of carboxylic acid groups (broad SMARTS) is 2. The molecule has 0 atom stereocenters. The predicted molar refractivity (Wildman–Crippen MR) is 75.1 cm³/mol. The van der Waals surface area contributed by atoms with Gasteiger partial charge in [0.05, 0.1) is 13.2 Å². The van der Waals surface area contributed by atoms with E-state index in [0.29, 0.717) is 0 Å². The lowest BCUT2D eigenvalue weighted by Crippen LogP contribution is -1.85. The van der Waals surface area contributed by atoms with Crippen molar-refractivity contribution in [2.45, 2.75) is 0 Å². The number of aliphatic hydroxyl groups is 2. The Bertz CT molecular complexity index is 409. The molecule has 0 aliphatic carbocycles. The summed E-state index contributed by atoms with van der Waals surface area (Å²) in [4.78, 5) is 19.3. The first-order valence-corrected chi connectivity index (χ1v) is 5.51. The SMILES string of the molecule is C=CC(=O)O.O=C(O)C=Cc1ccccc1.OCCO. The van der Waals surface area contributed by atoms with Crippen molar-refractivity contribution < 1.29 is 30.0 Å². The average molecular weight is 282 g/mol. The van der Waals surface area contributed by atoms with E-state index in [4.69, 9.17) is 20.4 Å². The molecule has 1 aromatic rings. The minimum absolute atomic E-state index is 0.125. The highest BCUT2D eigenvalue weighted by Crippen LogP contribution is 1.99. The number of carbonyl (C=O) groups is 2. The zero-order valence-electron chi connectivity index (χ0n) is 10.8. The van der Waals surface area contributed by atoms with E-state index < -0.39 is 11.9 Å². The summed E-state index contributed by atoms with van der Waals surface area (Å²) in [6.45, 7) is 2.71. The van der Waals surface area contributed by atoms with E-state index in [2.05, 4.69) is 6.58 Å². The number of aliphatic hydroxyl groups excluding tert-OH is 2. The van der Waals surface area contributed by atoms with E-state index in [0.717, 1.165) is 17.7 Å². The molecule has 0 aliphatic heterocycles. The van der Waals surface area contributed by atoms with Gasteiger partial charge in [-0.15, -0.1) is 0 Å². The van der Waals surface area contributed by atoms with Crippen molar-refractivity contribution in [3.8, 4) is 0 Å². The number of carboxylic acids is 2. The largest absolute Gasteiger partial charge is 0.478 e. The van der Waals surface area contributed by atoms with E-state index in [1.54, 1.807) is 6.08 Å². The third-order valence-electron chi connectivity index (χ3n) is 1.49. The smallest absolute Gasteiger partial charge is 0.328 e. The van der Waals surface area contributed by atoms with E-state index in [-0.39, 0.29) is 13.2 Å². The summed E-state index contributed by atoms with van der Waals surface area (Å²) in [5.74, 6) is -1.90. The summed E-state index contributed by atoms with van der Waals surface area (Å²) < 4.78 is 0. The molecule has 0 amide bonds. The zero-order valence-corrected chi connectivity index (χ0v) is 10.8. The number of hydrogen-bond acceptors (Lipinski definition) is 4. The van der Waals surface area contributed by atoms with Crippen LogP contribution in [-0.2, 0) is 9.59 Å². The highest BCUT2D eigenvalue weighted by atomic mass is 16.4. The van der Waals surface area contributed by atoms with Crippen molar-refractivity contribution in [2.24, 2.45) is 0 Å². The summed E-state index contributed by atoms with van der Waals surface area (Å²) in [7, 11) is 0. The molecule has 20 heavy (non-hydrogen) atoms. The molecular formula is C14H18O6. The van der Waals surface area contributed by atoms with E-state index in [1.165, 1.54) is 0 Å². The fraction of sp³-hybridized carbons (Fsp3) is 0.143. The molecule has 4 N–H and O–H groups in total. The van der Waals surface area contributed by atoms with Crippen LogP contribution >= 0.6 is 0 Å². The van der Waals surface area contributed by atoms with Crippen LogP contribution in [0.15, 0.2) is 49.1 Å². The summed E-state index contributed by atoms with van der Waals surface area (Å²) in [5.41, 5.74) is 0.898. The standard InChI is InChI=1S/C9H8O2.C3H4O2.C2H6O2/c10-9(11)7-6-8-4-2-1-3-5-8;1-2-3(4)5;3-1-2-4/h1-7H,(H,10,11);2H,1H2,(H,4,5);3-4H,1-2H2. The van der Waals surface area contributed by atoms with Crippen LogP contribution in [-0.4, -0.2) is 45.6 Å². The molecule has 0 bridgehead atoms. The predicted octanol–water partition coefficient (Wildman–Crippen LogP) is 1.01. The van der Waals surface area contributed by atoms with Gasteiger partial charge in [-0.1, -0.05) is 36.9 Å². The minimum Gasteiger partial charge on any atom is -0.478 e. The highest BCUT2D eigenvalue weighted by Gasteiger charge is 1.85. The van der Waals surface area contributed by atoms with Gasteiger partial charge in [0.15, 0.2) is 0 Å². The van der Waals surface area contributed by atoms with Crippen molar-refractivity contribution in [2.75, 3.05) is 13.2 Å². The molecule has 0 spiro atoms. The van der Waals surface area contributed by atoms with E-state index in [1.807, 2.05) is 30.3 Å². The molecule has 0 fully saturated rings. The van der Waals surface area contributed by atoms with Gasteiger partial charge in [0.1, 0.15) is 0 Å². The molecule has 6 nitrogen and oxygen atoms in total. The lowest BCUT2D eigenvalue weighted by molar-refractivity contribution is -0.132. The molecule has 1 aromatic carbocycles. The van der Waals surface area contributed by atoms with Crippen LogP contribution in [0.2, 0.25) is 0 Å². The second-order valence-corrected chi connectivity index (χ2v) is 3.07. The Labute approximate surface area is 116 Å². The first-order valence-electron chi connectivity index (χ1n) is 5.51. The molecule has 0 radical (unpaired) electrons. The van der Waals surface area contributed by atoms with Gasteiger partial charge in [-0.25, -0.2) is 9.59 Å². The van der Waals surface area contributed by atoms with Gasteiger partial charge in [-0.05, 0) is 11.6 Å². The molecule has 0 heterocycles. The van der Waals surface area contributed by atoms with E-state index in [9.17, 15) is 9.59 Å². The van der Waals surface area contributed by atoms with Crippen LogP contribution in [0.4, 0.5) is 0 Å². The highest BCUT2D eigenvalue weighted by molar-refractivity contribution is 5.85. The van der Waals surface area contributed by atoms with Gasteiger partial charge in [-0.3, -0.25) is 0 Å². The molecule has 1 rings (SSSR count). The van der Waals surface area contributed by atoms with Crippen LogP contribution in [0.5, 0.6) is 0 Å². The van der Waals surface area contributed by atoms with Gasteiger partial charge < -0.3 is 20.4 Å². The van der Waals surface area contributed by atoms with Crippen LogP contribution in [0.1, 0.15) is 5.56 Å². The third kappa shape index (κ3) is 17.9. The fourth-order valence-electron chi connectivity index (χ4n) is 0.732. The lowest BCUT2D eigenvalue weighted by atomic mass is 10.2. The first-order chi connectivity index (χ1) is 9.47. The third-order valence-corrected chi connectivity index (χ3v) is 1.49. The van der Waals surface area contributed by atoms with Crippen molar-refractivity contribution in [3.05, 3.63) is 54.6 Å². The quantitative estimate of drug-likeness (QED) is 0.613. The van der Waals surface area contributed by atoms with Gasteiger partial charge >= 0.3 is 11.9 Å². The second-order valence-electron chi connectivity index (χ2n) is 3.07. The summed E-state index contributed by atoms with van der Waals surface area (Å²) in [5, 5.41) is 31.1. The first kappa shape index (κ1) is 19.9. The molecule has 6 heteroatoms. The number of aliphatic carboxylic acids is 2. The van der Waals surface area contributed by atoms with Gasteiger partial charge in [-0.2, -0.15) is 0 Å². The maximum absolute atomic E-state index is 10.1. The van der Waals surface area contributed by atoms with E-state index >= 15 is 0 Å². The summed E-state index contributed by atoms with van der Waals surface area (Å²) >= 11 is 0. The Morgan fingerprint density at radius 2 is 1.45 bits per heavy atom. The normalized spacial score (nSPS) is 8.70. The van der Waals surface area contributed by atoms with Crippen LogP contribution < -0.4 is 0 Å². The van der Waals surface area contributed by atoms with Crippen LogP contribution in [0, 0.1) is 0 Å². The Morgan fingerprint density at radius 1 is 1.00 bits per heavy atom. The lowest BCUT2D eigenvalue weighted by Gasteiger charge is -1.87. The Balaban J connectivity index is 0. The van der Waals surface area contributed by atoms with Crippen LogP contribution in [0.3, 0.4) is 0 Å². The average Bonchev–Trinajstić information content (AvgIpc) is 2.47. The Morgan fingerprint density at radius 3 is 1.75 bits per heavy atom. The van der Waals surface area contributed by atoms with Gasteiger partial charge in [0, 0.05) is 12.2 Å². The molecule has 110 valence electrons. The minimum atomic E-state index is -0.981. The Hall–Kier alpha value is -2.44. The second kappa shape index (κ2) is 14.6.